The van der Waals surface area contributed by atoms with Crippen LogP contribution in [0.5, 0.6) is 5.75 Å². The van der Waals surface area contributed by atoms with Crippen molar-refractivity contribution < 1.29 is 9.53 Å². The van der Waals surface area contributed by atoms with Gasteiger partial charge in [0, 0.05) is 29.9 Å². The van der Waals surface area contributed by atoms with E-state index in [1.807, 2.05) is 64.3 Å². The summed E-state index contributed by atoms with van der Waals surface area (Å²) in [7, 11) is 5.65. The van der Waals surface area contributed by atoms with E-state index in [0.717, 1.165) is 40.1 Å². The van der Waals surface area contributed by atoms with E-state index in [2.05, 4.69) is 35.1 Å². The predicted octanol–water partition coefficient (Wildman–Crippen LogP) is 4.84. The van der Waals surface area contributed by atoms with Crippen LogP contribution in [0, 0.1) is 0 Å². The van der Waals surface area contributed by atoms with E-state index in [-0.39, 0.29) is 24.1 Å². The lowest BCUT2D eigenvalue weighted by atomic mass is 10.0. The average molecular weight is 528 g/mol. The molecule has 2 aromatic carbocycles. The standard InChI is InChI=1S/C31H37N5O3/c1-19(2)22-9-8-10-23(13-22)30-34-29-27(31(38)36(30)18-28(37)33-20(3)4)15-25(16-32-29)24-11-21(17-35(5)6)12-26(14-24)39-7/h8-16,19-20H,17-18H2,1-7H3,(H,33,37). The molecular weight excluding hydrogens is 490 g/mol. The van der Waals surface area contributed by atoms with Crippen LogP contribution in [0.1, 0.15) is 44.7 Å². The van der Waals surface area contributed by atoms with Crippen molar-refractivity contribution in [3.63, 3.8) is 0 Å². The molecule has 0 aliphatic heterocycles. The van der Waals surface area contributed by atoms with Crippen molar-refractivity contribution in [2.75, 3.05) is 21.2 Å². The van der Waals surface area contributed by atoms with Crippen molar-refractivity contribution in [1.82, 2.24) is 24.8 Å². The number of hydrogen-bond acceptors (Lipinski definition) is 6. The minimum atomic E-state index is -0.311. The van der Waals surface area contributed by atoms with Crippen LogP contribution in [-0.4, -0.2) is 52.6 Å². The number of fused-ring (bicyclic) bond motifs is 1. The molecule has 0 aliphatic rings. The van der Waals surface area contributed by atoms with Gasteiger partial charge in [0.15, 0.2) is 5.65 Å². The summed E-state index contributed by atoms with van der Waals surface area (Å²) in [6, 6.07) is 15.7. The van der Waals surface area contributed by atoms with E-state index in [0.29, 0.717) is 22.8 Å². The van der Waals surface area contributed by atoms with E-state index >= 15 is 0 Å². The highest BCUT2D eigenvalue weighted by Crippen LogP contribution is 2.29. The second kappa shape index (κ2) is 11.8. The lowest BCUT2D eigenvalue weighted by Gasteiger charge is -2.16. The van der Waals surface area contributed by atoms with Crippen LogP contribution in [0.15, 0.2) is 59.5 Å². The topological polar surface area (TPSA) is 89.3 Å². The normalized spacial score (nSPS) is 11.5. The molecule has 0 unspecified atom stereocenters. The third-order valence-corrected chi connectivity index (χ3v) is 6.41. The molecule has 39 heavy (non-hydrogen) atoms. The van der Waals surface area contributed by atoms with E-state index in [9.17, 15) is 9.59 Å². The first-order chi connectivity index (χ1) is 18.5. The molecule has 0 bridgehead atoms. The number of ether oxygens (including phenoxy) is 1. The fourth-order valence-corrected chi connectivity index (χ4v) is 4.58. The summed E-state index contributed by atoms with van der Waals surface area (Å²) in [5, 5.41) is 3.24. The highest BCUT2D eigenvalue weighted by molar-refractivity contribution is 5.83. The summed E-state index contributed by atoms with van der Waals surface area (Å²) in [4.78, 5) is 38.3. The molecule has 0 saturated heterocycles. The lowest BCUT2D eigenvalue weighted by molar-refractivity contribution is -0.122. The van der Waals surface area contributed by atoms with Crippen molar-refractivity contribution in [3.8, 4) is 28.3 Å². The number of aromatic nitrogens is 3. The van der Waals surface area contributed by atoms with Crippen molar-refractivity contribution in [2.45, 2.75) is 52.7 Å². The molecular formula is C31H37N5O3. The largest absolute Gasteiger partial charge is 0.497 e. The molecule has 1 amide bonds. The maximum Gasteiger partial charge on any atom is 0.263 e. The van der Waals surface area contributed by atoms with Crippen LogP contribution in [-0.2, 0) is 17.9 Å². The van der Waals surface area contributed by atoms with Gasteiger partial charge in [-0.05, 0) is 80.9 Å². The molecule has 204 valence electrons. The highest BCUT2D eigenvalue weighted by atomic mass is 16.5. The Morgan fingerprint density at radius 3 is 2.46 bits per heavy atom. The molecule has 0 radical (unpaired) electrons. The van der Waals surface area contributed by atoms with Crippen LogP contribution >= 0.6 is 0 Å². The first kappa shape index (κ1) is 28.0. The molecule has 0 atom stereocenters. The first-order valence-corrected chi connectivity index (χ1v) is 13.2. The maximum absolute atomic E-state index is 14.0. The maximum atomic E-state index is 14.0. The van der Waals surface area contributed by atoms with Gasteiger partial charge in [-0.3, -0.25) is 14.2 Å². The van der Waals surface area contributed by atoms with E-state index in [4.69, 9.17) is 9.72 Å². The molecule has 0 aliphatic carbocycles. The predicted molar refractivity (Wildman–Crippen MR) is 156 cm³/mol. The Kier molecular flexibility index (Phi) is 8.45. The van der Waals surface area contributed by atoms with Crippen molar-refractivity contribution in [3.05, 3.63) is 76.2 Å². The van der Waals surface area contributed by atoms with Gasteiger partial charge in [0.05, 0.1) is 12.5 Å². The lowest BCUT2D eigenvalue weighted by Crippen LogP contribution is -2.37. The Hall–Kier alpha value is -4.04. The van der Waals surface area contributed by atoms with Gasteiger partial charge in [-0.25, -0.2) is 9.97 Å². The number of nitrogens with zero attached hydrogens (tertiary/aromatic N) is 4. The van der Waals surface area contributed by atoms with Crippen LogP contribution in [0.4, 0.5) is 0 Å². The Labute approximate surface area is 229 Å². The Balaban J connectivity index is 1.90. The van der Waals surface area contributed by atoms with E-state index < -0.39 is 0 Å². The highest BCUT2D eigenvalue weighted by Gasteiger charge is 2.18. The fourth-order valence-electron chi connectivity index (χ4n) is 4.58. The van der Waals surface area contributed by atoms with Crippen LogP contribution in [0.25, 0.3) is 33.5 Å². The number of hydrogen-bond donors (Lipinski definition) is 1. The fraction of sp³-hybridized carbons (Fsp3) is 0.355. The second-order valence-corrected chi connectivity index (χ2v) is 10.7. The van der Waals surface area contributed by atoms with Crippen molar-refractivity contribution in [1.29, 1.82) is 0 Å². The summed E-state index contributed by atoms with van der Waals surface area (Å²) in [6.07, 6.45) is 1.73. The number of rotatable bonds is 9. The quantitative estimate of drug-likeness (QED) is 0.335. The molecule has 8 heteroatoms. The zero-order valence-corrected chi connectivity index (χ0v) is 23.8. The van der Waals surface area contributed by atoms with Crippen LogP contribution < -0.4 is 15.6 Å². The number of pyridine rings is 1. The van der Waals surface area contributed by atoms with Gasteiger partial charge in [-0.2, -0.15) is 0 Å². The minimum absolute atomic E-state index is 0.0490. The van der Waals surface area contributed by atoms with Crippen molar-refractivity contribution >= 4 is 16.9 Å². The summed E-state index contributed by atoms with van der Waals surface area (Å²) in [5.74, 6) is 1.20. The number of amides is 1. The number of methoxy groups -OCH3 is 1. The summed E-state index contributed by atoms with van der Waals surface area (Å²) in [6.45, 7) is 8.60. The van der Waals surface area contributed by atoms with E-state index in [1.54, 1.807) is 19.4 Å². The monoisotopic (exact) mass is 527 g/mol. The van der Waals surface area contributed by atoms with Gasteiger partial charge in [0.25, 0.3) is 5.56 Å². The molecule has 8 nitrogen and oxygen atoms in total. The van der Waals surface area contributed by atoms with Crippen LogP contribution in [0.2, 0.25) is 0 Å². The molecule has 1 N–H and O–H groups in total. The van der Waals surface area contributed by atoms with Gasteiger partial charge < -0.3 is 15.0 Å². The zero-order valence-electron chi connectivity index (χ0n) is 23.8. The minimum Gasteiger partial charge on any atom is -0.497 e. The number of nitrogens with one attached hydrogen (secondary N) is 1. The Morgan fingerprint density at radius 2 is 1.79 bits per heavy atom. The number of benzene rings is 2. The van der Waals surface area contributed by atoms with Gasteiger partial charge in [-0.1, -0.05) is 32.0 Å². The first-order valence-electron chi connectivity index (χ1n) is 13.2. The molecule has 2 aromatic heterocycles. The SMILES string of the molecule is COc1cc(CN(C)C)cc(-c2cnc3nc(-c4cccc(C(C)C)c4)n(CC(=O)NC(C)C)c(=O)c3c2)c1. The molecule has 0 fully saturated rings. The number of carbonyl (C=O) groups excluding carboxylic acids is 1. The van der Waals surface area contributed by atoms with Crippen LogP contribution in [0.3, 0.4) is 0 Å². The van der Waals surface area contributed by atoms with Crippen molar-refractivity contribution in [2.24, 2.45) is 0 Å². The summed E-state index contributed by atoms with van der Waals surface area (Å²) < 4.78 is 6.99. The third-order valence-electron chi connectivity index (χ3n) is 6.41. The third kappa shape index (κ3) is 6.52. The molecule has 0 saturated carbocycles. The summed E-state index contributed by atoms with van der Waals surface area (Å²) in [5.41, 5.74) is 4.65. The average Bonchev–Trinajstić information content (AvgIpc) is 2.89. The van der Waals surface area contributed by atoms with Gasteiger partial charge in [0.2, 0.25) is 5.91 Å². The van der Waals surface area contributed by atoms with Gasteiger partial charge in [0.1, 0.15) is 18.1 Å². The van der Waals surface area contributed by atoms with Gasteiger partial charge in [-0.15, -0.1) is 0 Å². The second-order valence-electron chi connectivity index (χ2n) is 10.7. The smallest absolute Gasteiger partial charge is 0.263 e. The molecule has 4 rings (SSSR count). The van der Waals surface area contributed by atoms with Gasteiger partial charge >= 0.3 is 0 Å². The number of carbonyl (C=O) groups is 1. The summed E-state index contributed by atoms with van der Waals surface area (Å²) >= 11 is 0. The molecule has 0 spiro atoms. The molecule has 2 heterocycles. The zero-order chi connectivity index (χ0) is 28.3. The Bertz CT molecular complexity index is 1560. The Morgan fingerprint density at radius 1 is 1.03 bits per heavy atom. The van der Waals surface area contributed by atoms with E-state index in [1.165, 1.54) is 4.57 Å². The molecule has 4 aromatic rings.